The summed E-state index contributed by atoms with van der Waals surface area (Å²) in [4.78, 5) is 21.9. The average Bonchev–Trinajstić information content (AvgIpc) is 2.65. The van der Waals surface area contributed by atoms with Crippen LogP contribution in [0.2, 0.25) is 0 Å². The van der Waals surface area contributed by atoms with Crippen molar-refractivity contribution in [3.8, 4) is 18.1 Å². The number of carbonyl (C=O) groups excluding carboxylic acids is 1. The highest BCUT2D eigenvalue weighted by molar-refractivity contribution is 7.92. The number of nitrogens with one attached hydrogen (secondary N) is 2. The van der Waals surface area contributed by atoms with Crippen molar-refractivity contribution in [3.63, 3.8) is 0 Å². The van der Waals surface area contributed by atoms with Gasteiger partial charge in [-0.25, -0.2) is 8.42 Å². The van der Waals surface area contributed by atoms with E-state index in [9.17, 15) is 23.3 Å². The summed E-state index contributed by atoms with van der Waals surface area (Å²) in [6.45, 7) is 0.0486. The van der Waals surface area contributed by atoms with Crippen LogP contribution in [-0.2, 0) is 10.0 Å². The first-order valence-corrected chi connectivity index (χ1v) is 8.94. The van der Waals surface area contributed by atoms with E-state index in [1.807, 2.05) is 0 Å². The molecule has 0 aliphatic carbocycles. The van der Waals surface area contributed by atoms with Crippen molar-refractivity contribution in [3.05, 3.63) is 58.1 Å². The van der Waals surface area contributed by atoms with Gasteiger partial charge in [-0.15, -0.1) is 6.42 Å². The molecule has 2 rings (SSSR count). The zero-order valence-electron chi connectivity index (χ0n) is 14.1. The molecule has 0 fully saturated rings. The number of terminal acetylenes is 1. The van der Waals surface area contributed by atoms with Crippen LogP contribution in [0, 0.1) is 22.5 Å². The van der Waals surface area contributed by atoms with Crippen molar-refractivity contribution in [2.24, 2.45) is 0 Å². The average molecular weight is 389 g/mol. The number of non-ortho nitro benzene ring substituents is 1. The SMILES string of the molecule is C#CCNC(=O)c1ccc(S(=O)(=O)Nc2cc([N+](=O)[O-])ccc2OC)cc1. The molecule has 0 unspecified atom stereocenters. The van der Waals surface area contributed by atoms with E-state index in [0.717, 1.165) is 6.07 Å². The lowest BCUT2D eigenvalue weighted by molar-refractivity contribution is -0.384. The molecule has 0 aliphatic heterocycles. The maximum atomic E-state index is 12.5. The predicted octanol–water partition coefficient (Wildman–Crippen LogP) is 1.77. The maximum Gasteiger partial charge on any atom is 0.271 e. The Labute approximate surface area is 155 Å². The van der Waals surface area contributed by atoms with E-state index in [4.69, 9.17) is 11.2 Å². The normalized spacial score (nSPS) is 10.5. The van der Waals surface area contributed by atoms with E-state index >= 15 is 0 Å². The molecule has 2 aromatic rings. The van der Waals surface area contributed by atoms with Gasteiger partial charge in [-0.2, -0.15) is 0 Å². The van der Waals surface area contributed by atoms with Gasteiger partial charge in [0.05, 0.1) is 29.2 Å². The molecule has 140 valence electrons. The summed E-state index contributed by atoms with van der Waals surface area (Å²) in [7, 11) is -2.76. The van der Waals surface area contributed by atoms with Crippen molar-refractivity contribution in [1.82, 2.24) is 5.32 Å². The van der Waals surface area contributed by atoms with Crippen LogP contribution in [0.3, 0.4) is 0 Å². The maximum absolute atomic E-state index is 12.5. The van der Waals surface area contributed by atoms with Gasteiger partial charge in [-0.1, -0.05) is 5.92 Å². The van der Waals surface area contributed by atoms with Gasteiger partial charge in [0.25, 0.3) is 21.6 Å². The fraction of sp³-hybridized carbons (Fsp3) is 0.118. The van der Waals surface area contributed by atoms with Crippen molar-refractivity contribution >= 4 is 27.3 Å². The Balaban J connectivity index is 2.29. The number of sulfonamides is 1. The highest BCUT2D eigenvalue weighted by Crippen LogP contribution is 2.30. The molecule has 1 amide bonds. The number of anilines is 1. The van der Waals surface area contributed by atoms with Crippen LogP contribution >= 0.6 is 0 Å². The Bertz CT molecular complexity index is 1010. The first kappa shape index (κ1) is 19.7. The third kappa shape index (κ3) is 4.74. The molecular formula is C17H15N3O6S. The number of amides is 1. The molecule has 0 aromatic heterocycles. The monoisotopic (exact) mass is 389 g/mol. The van der Waals surface area contributed by atoms with Crippen LogP contribution in [0.5, 0.6) is 5.75 Å². The van der Waals surface area contributed by atoms with Crippen LogP contribution in [0.25, 0.3) is 0 Å². The van der Waals surface area contributed by atoms with Crippen molar-refractivity contribution in [2.45, 2.75) is 4.90 Å². The smallest absolute Gasteiger partial charge is 0.271 e. The summed E-state index contributed by atoms with van der Waals surface area (Å²) in [6, 6.07) is 8.65. The third-order valence-electron chi connectivity index (χ3n) is 3.42. The van der Waals surface area contributed by atoms with E-state index in [2.05, 4.69) is 16.0 Å². The number of methoxy groups -OCH3 is 1. The first-order valence-electron chi connectivity index (χ1n) is 7.45. The summed E-state index contributed by atoms with van der Waals surface area (Å²) in [5.41, 5.74) is -0.145. The van der Waals surface area contributed by atoms with Gasteiger partial charge in [0.1, 0.15) is 5.75 Å². The zero-order chi connectivity index (χ0) is 20.0. The summed E-state index contributed by atoms with van der Waals surface area (Å²) in [5.74, 6) is 1.94. The number of carbonyl (C=O) groups is 1. The second-order valence-electron chi connectivity index (χ2n) is 5.16. The fourth-order valence-electron chi connectivity index (χ4n) is 2.11. The quantitative estimate of drug-likeness (QED) is 0.422. The Hall–Kier alpha value is -3.58. The highest BCUT2D eigenvalue weighted by atomic mass is 32.2. The van der Waals surface area contributed by atoms with Gasteiger partial charge in [-0.3, -0.25) is 19.6 Å². The molecule has 0 atom stereocenters. The number of hydrogen-bond donors (Lipinski definition) is 2. The summed E-state index contributed by atoms with van der Waals surface area (Å²) in [6.07, 6.45) is 5.06. The van der Waals surface area contributed by atoms with Gasteiger partial charge in [-0.05, 0) is 30.3 Å². The molecule has 0 aliphatic rings. The van der Waals surface area contributed by atoms with Gasteiger partial charge >= 0.3 is 0 Å². The third-order valence-corrected chi connectivity index (χ3v) is 4.80. The Morgan fingerprint density at radius 1 is 1.26 bits per heavy atom. The van der Waals surface area contributed by atoms with Crippen molar-refractivity contribution in [1.29, 1.82) is 0 Å². The molecule has 2 N–H and O–H groups in total. The van der Waals surface area contributed by atoms with Gasteiger partial charge < -0.3 is 10.1 Å². The van der Waals surface area contributed by atoms with Crippen LogP contribution in [0.1, 0.15) is 10.4 Å². The van der Waals surface area contributed by atoms with Crippen molar-refractivity contribution in [2.75, 3.05) is 18.4 Å². The molecule has 0 saturated carbocycles. The number of nitro benzene ring substituents is 1. The lowest BCUT2D eigenvalue weighted by atomic mass is 10.2. The Morgan fingerprint density at radius 2 is 1.93 bits per heavy atom. The number of benzene rings is 2. The predicted molar refractivity (Wildman–Crippen MR) is 98.1 cm³/mol. The molecule has 0 heterocycles. The topological polar surface area (TPSA) is 128 Å². The highest BCUT2D eigenvalue weighted by Gasteiger charge is 2.19. The minimum absolute atomic E-state index is 0.0486. The summed E-state index contributed by atoms with van der Waals surface area (Å²) < 4.78 is 32.4. The molecule has 0 bridgehead atoms. The molecule has 0 spiro atoms. The van der Waals surface area contributed by atoms with Crippen LogP contribution in [0.15, 0.2) is 47.4 Å². The van der Waals surface area contributed by atoms with Gasteiger partial charge in [0.2, 0.25) is 0 Å². The minimum Gasteiger partial charge on any atom is -0.495 e. The van der Waals surface area contributed by atoms with E-state index in [1.54, 1.807) is 0 Å². The Morgan fingerprint density at radius 3 is 2.48 bits per heavy atom. The van der Waals surface area contributed by atoms with E-state index in [0.29, 0.717) is 0 Å². The van der Waals surface area contributed by atoms with Crippen LogP contribution in [0.4, 0.5) is 11.4 Å². The molecule has 10 heteroatoms. The van der Waals surface area contributed by atoms with E-state index in [1.165, 1.54) is 43.5 Å². The molecular weight excluding hydrogens is 374 g/mol. The second kappa shape index (κ2) is 8.20. The molecule has 0 saturated heterocycles. The van der Waals surface area contributed by atoms with Crippen LogP contribution < -0.4 is 14.8 Å². The summed E-state index contributed by atoms with van der Waals surface area (Å²) in [5, 5.41) is 13.4. The number of nitro groups is 1. The standard InChI is InChI=1S/C17H15N3O6S/c1-3-10-18-17(21)12-4-7-14(8-5-12)27(24,25)19-15-11-13(20(22)23)6-9-16(15)26-2/h1,4-9,11,19H,10H2,2H3,(H,18,21). The van der Waals surface area contributed by atoms with E-state index < -0.39 is 20.9 Å². The molecule has 2 aromatic carbocycles. The number of nitrogens with zero attached hydrogens (tertiary/aromatic N) is 1. The minimum atomic E-state index is -4.06. The number of hydrogen-bond acceptors (Lipinski definition) is 6. The second-order valence-corrected chi connectivity index (χ2v) is 6.84. The fourth-order valence-corrected chi connectivity index (χ4v) is 3.17. The molecule has 27 heavy (non-hydrogen) atoms. The zero-order valence-corrected chi connectivity index (χ0v) is 14.9. The largest absolute Gasteiger partial charge is 0.495 e. The summed E-state index contributed by atoms with van der Waals surface area (Å²) >= 11 is 0. The molecule has 0 radical (unpaired) electrons. The number of ether oxygens (including phenoxy) is 1. The lowest BCUT2D eigenvalue weighted by Crippen LogP contribution is -2.23. The van der Waals surface area contributed by atoms with Gasteiger partial charge in [0, 0.05) is 17.7 Å². The number of rotatable bonds is 7. The lowest BCUT2D eigenvalue weighted by Gasteiger charge is -2.12. The van der Waals surface area contributed by atoms with Gasteiger partial charge in [0.15, 0.2) is 0 Å². The van der Waals surface area contributed by atoms with E-state index in [-0.39, 0.29) is 34.1 Å². The van der Waals surface area contributed by atoms with Crippen LogP contribution in [-0.4, -0.2) is 32.9 Å². The first-order chi connectivity index (χ1) is 12.8. The van der Waals surface area contributed by atoms with Crippen molar-refractivity contribution < 1.29 is 22.9 Å². The molecule has 9 nitrogen and oxygen atoms in total. The Kier molecular flexibility index (Phi) is 5.99.